The van der Waals surface area contributed by atoms with Crippen LogP contribution < -0.4 is 4.74 Å². The zero-order valence-electron chi connectivity index (χ0n) is 13.9. The third kappa shape index (κ3) is 3.39. The van der Waals surface area contributed by atoms with Crippen LogP contribution in [0.15, 0.2) is 5.11 Å². The number of carbonyl (C=O) groups excluding carboxylic acids is 1. The monoisotopic (exact) mass is 333 g/mol. The first-order chi connectivity index (χ1) is 11.7. The van der Waals surface area contributed by atoms with E-state index in [1.54, 1.807) is 11.6 Å². The number of hydrogen-bond acceptors (Lipinski definition) is 5. The molecule has 0 aromatic carbocycles. The Morgan fingerprint density at radius 1 is 1.33 bits per heavy atom. The first-order valence-electron chi connectivity index (χ1n) is 8.61. The van der Waals surface area contributed by atoms with Crippen LogP contribution in [-0.2, 0) is 4.74 Å². The van der Waals surface area contributed by atoms with Gasteiger partial charge in [-0.3, -0.25) is 4.79 Å². The van der Waals surface area contributed by atoms with Crippen molar-refractivity contribution in [1.82, 2.24) is 9.78 Å². The van der Waals surface area contributed by atoms with Crippen molar-refractivity contribution in [2.24, 2.45) is 5.11 Å². The van der Waals surface area contributed by atoms with E-state index in [9.17, 15) is 4.79 Å². The van der Waals surface area contributed by atoms with Crippen LogP contribution in [0, 0.1) is 6.92 Å². The number of hydrogen-bond donors (Lipinski definition) is 0. The molecule has 130 valence electrons. The first-order valence-corrected chi connectivity index (χ1v) is 8.61. The number of azide groups is 1. The SMILES string of the molecule is Cc1nn(C2CCCCO2)c(O[C@@H]2CCCC[C@H]2N=[N+]=[N-])c1C=O. The molecule has 0 radical (unpaired) electrons. The molecule has 1 aromatic rings. The maximum absolute atomic E-state index is 11.5. The minimum absolute atomic E-state index is 0.206. The largest absolute Gasteiger partial charge is 0.474 e. The summed E-state index contributed by atoms with van der Waals surface area (Å²) < 4.78 is 13.7. The molecule has 2 heterocycles. The van der Waals surface area contributed by atoms with E-state index in [0.717, 1.165) is 51.2 Å². The smallest absolute Gasteiger partial charge is 0.225 e. The maximum atomic E-state index is 11.5. The summed E-state index contributed by atoms with van der Waals surface area (Å²) in [6.45, 7) is 2.48. The van der Waals surface area contributed by atoms with Crippen molar-refractivity contribution in [2.75, 3.05) is 6.61 Å². The van der Waals surface area contributed by atoms with Crippen molar-refractivity contribution in [3.05, 3.63) is 21.7 Å². The molecule has 1 aromatic heterocycles. The van der Waals surface area contributed by atoms with Gasteiger partial charge in [-0.15, -0.1) is 0 Å². The van der Waals surface area contributed by atoms with E-state index >= 15 is 0 Å². The molecule has 2 aliphatic rings. The number of ether oxygens (including phenoxy) is 2. The van der Waals surface area contributed by atoms with Crippen LogP contribution in [0.5, 0.6) is 5.88 Å². The van der Waals surface area contributed by atoms with Gasteiger partial charge in [0.1, 0.15) is 6.10 Å². The summed E-state index contributed by atoms with van der Waals surface area (Å²) >= 11 is 0. The highest BCUT2D eigenvalue weighted by atomic mass is 16.5. The number of aldehydes is 1. The molecule has 1 aliphatic heterocycles. The van der Waals surface area contributed by atoms with Crippen molar-refractivity contribution >= 4 is 6.29 Å². The van der Waals surface area contributed by atoms with Crippen molar-refractivity contribution in [3.63, 3.8) is 0 Å². The topological polar surface area (TPSA) is 102 Å². The Labute approximate surface area is 140 Å². The lowest BCUT2D eigenvalue weighted by molar-refractivity contribution is -0.0469. The van der Waals surface area contributed by atoms with E-state index in [4.69, 9.17) is 15.0 Å². The maximum Gasteiger partial charge on any atom is 0.225 e. The van der Waals surface area contributed by atoms with E-state index in [0.29, 0.717) is 23.7 Å². The number of aromatic nitrogens is 2. The fourth-order valence-electron chi connectivity index (χ4n) is 3.46. The van der Waals surface area contributed by atoms with E-state index in [1.807, 2.05) is 0 Å². The number of rotatable bonds is 5. The molecule has 2 fully saturated rings. The summed E-state index contributed by atoms with van der Waals surface area (Å²) in [5, 5.41) is 8.35. The molecule has 0 amide bonds. The fraction of sp³-hybridized carbons (Fsp3) is 0.750. The lowest BCUT2D eigenvalue weighted by Gasteiger charge is -2.30. The van der Waals surface area contributed by atoms with Gasteiger partial charge in [0.15, 0.2) is 12.5 Å². The van der Waals surface area contributed by atoms with Gasteiger partial charge in [-0.2, -0.15) is 5.10 Å². The Kier molecular flexibility index (Phi) is 5.37. The Morgan fingerprint density at radius 2 is 2.12 bits per heavy atom. The zero-order chi connectivity index (χ0) is 16.9. The van der Waals surface area contributed by atoms with Gasteiger partial charge in [0.2, 0.25) is 5.88 Å². The Hall–Kier alpha value is -2.05. The van der Waals surface area contributed by atoms with Gasteiger partial charge >= 0.3 is 0 Å². The Bertz CT molecular complexity index is 632. The van der Waals surface area contributed by atoms with E-state index in [1.165, 1.54) is 0 Å². The van der Waals surface area contributed by atoms with Gasteiger partial charge in [-0.25, -0.2) is 4.68 Å². The molecule has 1 unspecified atom stereocenters. The van der Waals surface area contributed by atoms with Crippen LogP contribution >= 0.6 is 0 Å². The van der Waals surface area contributed by atoms with E-state index in [2.05, 4.69) is 15.1 Å². The van der Waals surface area contributed by atoms with Crippen LogP contribution in [0.25, 0.3) is 10.4 Å². The molecule has 0 bridgehead atoms. The summed E-state index contributed by atoms with van der Waals surface area (Å²) in [6.07, 6.45) is 6.94. The minimum Gasteiger partial charge on any atom is -0.474 e. The molecule has 0 spiro atoms. The average Bonchev–Trinajstić information content (AvgIpc) is 2.93. The van der Waals surface area contributed by atoms with Crippen LogP contribution in [-0.4, -0.2) is 34.8 Å². The van der Waals surface area contributed by atoms with Gasteiger partial charge in [0, 0.05) is 11.5 Å². The van der Waals surface area contributed by atoms with Gasteiger partial charge < -0.3 is 9.47 Å². The van der Waals surface area contributed by atoms with Crippen LogP contribution in [0.2, 0.25) is 0 Å². The van der Waals surface area contributed by atoms with Crippen LogP contribution in [0.1, 0.15) is 67.2 Å². The van der Waals surface area contributed by atoms with Crippen LogP contribution in [0.3, 0.4) is 0 Å². The molecule has 1 aliphatic carbocycles. The standard InChI is InChI=1S/C16H23N5O3/c1-11-12(10-22)16(21(19-11)15-8-4-5-9-23-15)24-14-7-3-2-6-13(14)18-20-17/h10,13-15H,2-9H2,1H3/t13-,14-,15?/m1/s1. The van der Waals surface area contributed by atoms with Crippen LogP contribution in [0.4, 0.5) is 0 Å². The molecular formula is C16H23N5O3. The molecule has 3 rings (SSSR count). The lowest BCUT2D eigenvalue weighted by Crippen LogP contribution is -2.34. The molecular weight excluding hydrogens is 310 g/mol. The third-order valence-electron chi connectivity index (χ3n) is 4.76. The summed E-state index contributed by atoms with van der Waals surface area (Å²) in [6, 6.07) is -0.209. The highest BCUT2D eigenvalue weighted by Gasteiger charge is 2.31. The molecule has 3 atom stereocenters. The minimum atomic E-state index is -0.230. The number of nitrogens with zero attached hydrogens (tertiary/aromatic N) is 5. The van der Waals surface area contributed by atoms with Gasteiger partial charge in [0.05, 0.1) is 17.3 Å². The number of carbonyl (C=O) groups is 1. The molecule has 24 heavy (non-hydrogen) atoms. The Balaban J connectivity index is 1.89. The van der Waals surface area contributed by atoms with E-state index in [-0.39, 0.29) is 18.4 Å². The molecule has 0 N–H and O–H groups in total. The highest BCUT2D eigenvalue weighted by molar-refractivity contribution is 5.80. The Morgan fingerprint density at radius 3 is 2.83 bits per heavy atom. The second-order valence-electron chi connectivity index (χ2n) is 6.40. The molecule has 8 heteroatoms. The average molecular weight is 333 g/mol. The van der Waals surface area contributed by atoms with Gasteiger partial charge in [-0.05, 0) is 51.0 Å². The number of aryl methyl sites for hydroxylation is 1. The summed E-state index contributed by atoms with van der Waals surface area (Å²) in [4.78, 5) is 14.5. The normalized spacial score (nSPS) is 27.3. The highest BCUT2D eigenvalue weighted by Crippen LogP contribution is 2.33. The third-order valence-corrected chi connectivity index (χ3v) is 4.76. The summed E-state index contributed by atoms with van der Waals surface area (Å²) in [5.74, 6) is 0.444. The van der Waals surface area contributed by atoms with Crippen molar-refractivity contribution in [1.29, 1.82) is 0 Å². The van der Waals surface area contributed by atoms with Crippen molar-refractivity contribution in [2.45, 2.75) is 70.2 Å². The molecule has 1 saturated carbocycles. The van der Waals surface area contributed by atoms with Gasteiger partial charge in [0.25, 0.3) is 0 Å². The fourth-order valence-corrected chi connectivity index (χ4v) is 3.46. The zero-order valence-corrected chi connectivity index (χ0v) is 13.9. The van der Waals surface area contributed by atoms with Crippen molar-refractivity contribution in [3.8, 4) is 5.88 Å². The lowest BCUT2D eigenvalue weighted by atomic mass is 9.93. The summed E-state index contributed by atoms with van der Waals surface area (Å²) in [7, 11) is 0. The molecule has 1 saturated heterocycles. The van der Waals surface area contributed by atoms with Gasteiger partial charge in [-0.1, -0.05) is 11.5 Å². The summed E-state index contributed by atoms with van der Waals surface area (Å²) in [5.41, 5.74) is 9.86. The second-order valence-corrected chi connectivity index (χ2v) is 6.40. The predicted octanol–water partition coefficient (Wildman–Crippen LogP) is 3.70. The van der Waals surface area contributed by atoms with Crippen molar-refractivity contribution < 1.29 is 14.3 Å². The predicted molar refractivity (Wildman–Crippen MR) is 87.0 cm³/mol. The van der Waals surface area contributed by atoms with E-state index < -0.39 is 0 Å². The first kappa shape index (κ1) is 16.8. The molecule has 8 nitrogen and oxygen atoms in total. The second kappa shape index (κ2) is 7.68. The quantitative estimate of drug-likeness (QED) is 0.355.